The zero-order valence-electron chi connectivity index (χ0n) is 16.0. The number of rotatable bonds is 4. The molecule has 146 valence electrons. The van der Waals surface area contributed by atoms with Gasteiger partial charge in [-0.3, -0.25) is 9.69 Å². The molecule has 5 nitrogen and oxygen atoms in total. The van der Waals surface area contributed by atoms with E-state index in [1.54, 1.807) is 18.2 Å². The summed E-state index contributed by atoms with van der Waals surface area (Å²) >= 11 is 0. The minimum absolute atomic E-state index is 0.114. The summed E-state index contributed by atoms with van der Waals surface area (Å²) in [6.07, 6.45) is 0.499. The predicted octanol–water partition coefficient (Wildman–Crippen LogP) is 3.14. The van der Waals surface area contributed by atoms with Gasteiger partial charge < -0.3 is 4.74 Å². The van der Waals surface area contributed by atoms with Crippen LogP contribution in [-0.2, 0) is 9.53 Å². The number of halogens is 1. The highest BCUT2D eigenvalue weighted by molar-refractivity contribution is 6.03. The molecular formula is C22H24FN3O2. The average molecular weight is 381 g/mol. The fourth-order valence-electron chi connectivity index (χ4n) is 3.67. The van der Waals surface area contributed by atoms with Gasteiger partial charge in [-0.2, -0.15) is 5.10 Å². The summed E-state index contributed by atoms with van der Waals surface area (Å²) in [5, 5.41) is 6.10. The molecule has 1 fully saturated rings. The van der Waals surface area contributed by atoms with E-state index in [2.05, 4.69) is 10.0 Å². The Labute approximate surface area is 164 Å². The third-order valence-corrected chi connectivity index (χ3v) is 5.28. The summed E-state index contributed by atoms with van der Waals surface area (Å²) < 4.78 is 19.9. The van der Waals surface area contributed by atoms with Crippen LogP contribution in [0.15, 0.2) is 53.6 Å². The van der Waals surface area contributed by atoms with Gasteiger partial charge in [0.05, 0.1) is 31.5 Å². The van der Waals surface area contributed by atoms with Gasteiger partial charge in [-0.25, -0.2) is 9.40 Å². The number of amides is 1. The summed E-state index contributed by atoms with van der Waals surface area (Å²) in [6.45, 7) is 4.99. The Kier molecular flexibility index (Phi) is 5.50. The molecule has 0 aromatic heterocycles. The third kappa shape index (κ3) is 3.98. The Morgan fingerprint density at radius 2 is 1.86 bits per heavy atom. The van der Waals surface area contributed by atoms with Crippen LogP contribution in [0.3, 0.4) is 0 Å². The molecule has 2 aromatic carbocycles. The minimum Gasteiger partial charge on any atom is -0.379 e. The Bertz CT molecular complexity index is 876. The molecule has 4 rings (SSSR count). The number of nitrogens with zero attached hydrogens (tertiary/aromatic N) is 3. The summed E-state index contributed by atoms with van der Waals surface area (Å²) in [7, 11) is 0. The predicted molar refractivity (Wildman–Crippen MR) is 106 cm³/mol. The Morgan fingerprint density at radius 3 is 2.57 bits per heavy atom. The maximum Gasteiger partial charge on any atom is 0.257 e. The van der Waals surface area contributed by atoms with E-state index in [1.807, 2.05) is 31.2 Å². The number of benzene rings is 2. The number of hydrazone groups is 1. The molecular weight excluding hydrogens is 357 g/mol. The van der Waals surface area contributed by atoms with Gasteiger partial charge in [0.1, 0.15) is 5.82 Å². The van der Waals surface area contributed by atoms with E-state index in [1.165, 1.54) is 11.1 Å². The molecule has 6 heteroatoms. The van der Waals surface area contributed by atoms with E-state index in [-0.39, 0.29) is 18.3 Å². The first-order valence-electron chi connectivity index (χ1n) is 9.63. The van der Waals surface area contributed by atoms with E-state index >= 15 is 0 Å². The summed E-state index contributed by atoms with van der Waals surface area (Å²) in [4.78, 5) is 15.1. The van der Waals surface area contributed by atoms with Gasteiger partial charge >= 0.3 is 0 Å². The molecule has 1 amide bonds. The molecule has 0 spiro atoms. The molecule has 0 N–H and O–H groups in total. The van der Waals surface area contributed by atoms with Crippen molar-refractivity contribution >= 4 is 11.6 Å². The van der Waals surface area contributed by atoms with Crippen LogP contribution in [0.4, 0.5) is 4.39 Å². The van der Waals surface area contributed by atoms with Gasteiger partial charge in [0, 0.05) is 25.1 Å². The lowest BCUT2D eigenvalue weighted by Gasteiger charge is -2.29. The molecule has 0 saturated carbocycles. The molecule has 1 atom stereocenters. The van der Waals surface area contributed by atoms with Crippen molar-refractivity contribution in [3.63, 3.8) is 0 Å². The first-order valence-corrected chi connectivity index (χ1v) is 9.63. The van der Waals surface area contributed by atoms with Crippen molar-refractivity contribution in [2.24, 2.45) is 5.10 Å². The number of carbonyl (C=O) groups excluding carboxylic acids is 1. The third-order valence-electron chi connectivity index (χ3n) is 5.28. The van der Waals surface area contributed by atoms with Gasteiger partial charge in [-0.15, -0.1) is 0 Å². The molecule has 2 heterocycles. The van der Waals surface area contributed by atoms with Gasteiger partial charge in [0.15, 0.2) is 0 Å². The van der Waals surface area contributed by atoms with E-state index in [4.69, 9.17) is 4.74 Å². The number of aryl methyl sites for hydroxylation is 1. The minimum atomic E-state index is -0.425. The number of morpholine rings is 1. The molecule has 1 saturated heterocycles. The fraction of sp³-hybridized carbons (Fsp3) is 0.364. The summed E-state index contributed by atoms with van der Waals surface area (Å²) in [5.41, 5.74) is 3.44. The van der Waals surface area contributed by atoms with Gasteiger partial charge in [-0.05, 0) is 18.6 Å². The van der Waals surface area contributed by atoms with Crippen molar-refractivity contribution in [1.82, 2.24) is 9.91 Å². The van der Waals surface area contributed by atoms with Crippen molar-refractivity contribution in [2.75, 3.05) is 32.8 Å². The van der Waals surface area contributed by atoms with Crippen LogP contribution in [0.2, 0.25) is 0 Å². The maximum absolute atomic E-state index is 14.5. The summed E-state index contributed by atoms with van der Waals surface area (Å²) in [6, 6.07) is 14.3. The van der Waals surface area contributed by atoms with Crippen molar-refractivity contribution in [3.05, 3.63) is 71.0 Å². The lowest BCUT2D eigenvalue weighted by atomic mass is 9.97. The molecule has 28 heavy (non-hydrogen) atoms. The second kappa shape index (κ2) is 8.20. The quantitative estimate of drug-likeness (QED) is 0.817. The molecule has 2 aliphatic rings. The van der Waals surface area contributed by atoms with Crippen LogP contribution in [0, 0.1) is 12.7 Å². The molecule has 2 aliphatic heterocycles. The SMILES string of the molecule is Cc1ccc(C2=NN(C(=O)CN3CCOCC3)[C@H](c3ccccc3F)C2)cc1. The number of carbonyl (C=O) groups is 1. The lowest BCUT2D eigenvalue weighted by Crippen LogP contribution is -2.43. The number of ether oxygens (including phenoxy) is 1. The van der Waals surface area contributed by atoms with Crippen LogP contribution < -0.4 is 0 Å². The molecule has 0 radical (unpaired) electrons. The number of hydrogen-bond donors (Lipinski definition) is 0. The highest BCUT2D eigenvalue weighted by Gasteiger charge is 2.35. The smallest absolute Gasteiger partial charge is 0.257 e. The zero-order chi connectivity index (χ0) is 19.5. The van der Waals surface area contributed by atoms with Crippen molar-refractivity contribution in [1.29, 1.82) is 0 Å². The monoisotopic (exact) mass is 381 g/mol. The van der Waals surface area contributed by atoms with Crippen molar-refractivity contribution in [2.45, 2.75) is 19.4 Å². The highest BCUT2D eigenvalue weighted by Crippen LogP contribution is 2.34. The van der Waals surface area contributed by atoms with Crippen LogP contribution in [-0.4, -0.2) is 54.4 Å². The molecule has 0 bridgehead atoms. The Morgan fingerprint density at radius 1 is 1.14 bits per heavy atom. The first kappa shape index (κ1) is 18.8. The largest absolute Gasteiger partial charge is 0.379 e. The van der Waals surface area contributed by atoms with Gasteiger partial charge in [0.25, 0.3) is 5.91 Å². The highest BCUT2D eigenvalue weighted by atomic mass is 19.1. The fourth-order valence-corrected chi connectivity index (χ4v) is 3.67. The lowest BCUT2D eigenvalue weighted by molar-refractivity contribution is -0.135. The zero-order valence-corrected chi connectivity index (χ0v) is 16.0. The Hall–Kier alpha value is -2.57. The maximum atomic E-state index is 14.5. The van der Waals surface area contributed by atoms with Crippen molar-refractivity contribution < 1.29 is 13.9 Å². The second-order valence-corrected chi connectivity index (χ2v) is 7.28. The van der Waals surface area contributed by atoms with Gasteiger partial charge in [0.2, 0.25) is 0 Å². The Balaban J connectivity index is 1.62. The summed E-state index contributed by atoms with van der Waals surface area (Å²) in [5.74, 6) is -0.422. The standard InChI is InChI=1S/C22H24FN3O2/c1-16-6-8-17(9-7-16)20-14-21(18-4-2-3-5-19(18)23)26(24-20)22(27)15-25-10-12-28-13-11-25/h2-9,21H,10-15H2,1H3/t21-/m0/s1. The van der Waals surface area contributed by atoms with E-state index in [0.717, 1.165) is 29.9 Å². The average Bonchev–Trinajstić information content (AvgIpc) is 3.15. The van der Waals surface area contributed by atoms with Crippen LogP contribution >= 0.6 is 0 Å². The van der Waals surface area contributed by atoms with Gasteiger partial charge in [-0.1, -0.05) is 48.0 Å². The second-order valence-electron chi connectivity index (χ2n) is 7.28. The van der Waals surface area contributed by atoms with E-state index < -0.39 is 6.04 Å². The topological polar surface area (TPSA) is 45.1 Å². The van der Waals surface area contributed by atoms with Crippen LogP contribution in [0.5, 0.6) is 0 Å². The normalized spacial score (nSPS) is 20.3. The van der Waals surface area contributed by atoms with Crippen LogP contribution in [0.25, 0.3) is 0 Å². The molecule has 0 unspecified atom stereocenters. The van der Waals surface area contributed by atoms with E-state index in [9.17, 15) is 9.18 Å². The number of hydrogen-bond acceptors (Lipinski definition) is 4. The first-order chi connectivity index (χ1) is 13.6. The molecule has 2 aromatic rings. The van der Waals surface area contributed by atoms with E-state index in [0.29, 0.717) is 25.2 Å². The van der Waals surface area contributed by atoms with Crippen molar-refractivity contribution in [3.8, 4) is 0 Å². The molecule has 0 aliphatic carbocycles. The van der Waals surface area contributed by atoms with Crippen LogP contribution in [0.1, 0.15) is 29.2 Å².